The Morgan fingerprint density at radius 1 is 1.29 bits per heavy atom. The highest BCUT2D eigenvalue weighted by molar-refractivity contribution is 6.11. The molecule has 7 nitrogen and oxygen atoms in total. The van der Waals surface area contributed by atoms with Gasteiger partial charge in [0.05, 0.1) is 12.1 Å². The summed E-state index contributed by atoms with van der Waals surface area (Å²) in [6.07, 6.45) is -0.937. The fourth-order valence-electron chi connectivity index (χ4n) is 4.11. The van der Waals surface area contributed by atoms with E-state index in [9.17, 15) is 20.1 Å². The number of carbonyl (C=O) groups excluding carboxylic acids is 2. The Morgan fingerprint density at radius 2 is 1.89 bits per heavy atom. The molecule has 1 aromatic carbocycles. The number of ether oxygens (including phenoxy) is 1. The molecule has 0 unspecified atom stereocenters. The number of hydrogen-bond acceptors (Lipinski definition) is 5. The minimum Gasteiger partial charge on any atom is -0.443 e. The maximum absolute atomic E-state index is 13.6. The van der Waals surface area contributed by atoms with Crippen LogP contribution in [0.2, 0.25) is 0 Å². The predicted molar refractivity (Wildman–Crippen MR) is 102 cm³/mol. The van der Waals surface area contributed by atoms with Crippen LogP contribution in [0.25, 0.3) is 0 Å². The number of nitrogens with zero attached hydrogens (tertiary/aromatic N) is 4. The second-order valence-corrected chi connectivity index (χ2v) is 8.28. The van der Waals surface area contributed by atoms with Crippen LogP contribution in [0.4, 0.5) is 10.5 Å². The maximum Gasteiger partial charge on any atom is 0.415 e. The third-order valence-corrected chi connectivity index (χ3v) is 5.21. The van der Waals surface area contributed by atoms with Gasteiger partial charge in [0.1, 0.15) is 5.60 Å². The first-order valence-electron chi connectivity index (χ1n) is 8.88. The zero-order chi connectivity index (χ0) is 21.1. The number of fused-ring (bicyclic) bond motifs is 2. The maximum atomic E-state index is 13.6. The molecule has 144 valence electrons. The SMILES string of the molecule is C=C1CC(C#N)(C#N)[C@]2(C(=O)N(C)c3ccc(C)cc32)N1C(=O)OC(C)(C)C. The van der Waals surface area contributed by atoms with Crippen LogP contribution >= 0.6 is 0 Å². The first-order chi connectivity index (χ1) is 12.9. The van der Waals surface area contributed by atoms with Gasteiger partial charge in [0.15, 0.2) is 11.0 Å². The summed E-state index contributed by atoms with van der Waals surface area (Å²) in [5.41, 5.74) is -2.45. The topological polar surface area (TPSA) is 97.4 Å². The van der Waals surface area contributed by atoms with Crippen LogP contribution in [0, 0.1) is 35.0 Å². The van der Waals surface area contributed by atoms with Gasteiger partial charge in [-0.05, 0) is 33.8 Å². The summed E-state index contributed by atoms with van der Waals surface area (Å²) >= 11 is 0. The van der Waals surface area contributed by atoms with Crippen LogP contribution in [0.15, 0.2) is 30.5 Å². The first-order valence-corrected chi connectivity index (χ1v) is 8.88. The number of hydrogen-bond donors (Lipinski definition) is 0. The molecule has 0 radical (unpaired) electrons. The number of benzene rings is 1. The monoisotopic (exact) mass is 378 g/mol. The molecular formula is C21H22N4O3. The molecular weight excluding hydrogens is 356 g/mol. The second kappa shape index (κ2) is 5.84. The smallest absolute Gasteiger partial charge is 0.415 e. The van der Waals surface area contributed by atoms with Crippen LogP contribution < -0.4 is 4.90 Å². The summed E-state index contributed by atoms with van der Waals surface area (Å²) in [6, 6.07) is 9.40. The summed E-state index contributed by atoms with van der Waals surface area (Å²) in [4.78, 5) is 29.2. The van der Waals surface area contributed by atoms with E-state index in [0.29, 0.717) is 11.3 Å². The predicted octanol–water partition coefficient (Wildman–Crippen LogP) is 3.35. The van der Waals surface area contributed by atoms with E-state index in [1.165, 1.54) is 4.90 Å². The van der Waals surface area contributed by atoms with Crippen molar-refractivity contribution < 1.29 is 14.3 Å². The van der Waals surface area contributed by atoms with E-state index in [4.69, 9.17) is 4.74 Å². The van der Waals surface area contributed by atoms with Crippen LogP contribution in [0.3, 0.4) is 0 Å². The van der Waals surface area contributed by atoms with E-state index < -0.39 is 28.6 Å². The molecule has 7 heteroatoms. The van der Waals surface area contributed by atoms with E-state index >= 15 is 0 Å². The van der Waals surface area contributed by atoms with Gasteiger partial charge in [-0.15, -0.1) is 0 Å². The van der Waals surface area contributed by atoms with Crippen molar-refractivity contribution in [2.24, 2.45) is 5.41 Å². The molecule has 0 saturated carbocycles. The Balaban J connectivity index is 2.38. The molecule has 1 atom stereocenters. The van der Waals surface area contributed by atoms with Crippen molar-refractivity contribution in [1.82, 2.24) is 4.90 Å². The zero-order valence-corrected chi connectivity index (χ0v) is 16.7. The Bertz CT molecular complexity index is 978. The van der Waals surface area contributed by atoms with Crippen molar-refractivity contribution in [2.75, 3.05) is 11.9 Å². The number of amides is 2. The Labute approximate surface area is 164 Å². The van der Waals surface area contributed by atoms with Crippen molar-refractivity contribution in [3.05, 3.63) is 41.6 Å². The number of allylic oxidation sites excluding steroid dienone is 1. The molecule has 0 N–H and O–H groups in total. The minimum absolute atomic E-state index is 0.133. The molecule has 2 aliphatic rings. The molecule has 2 amide bonds. The van der Waals surface area contributed by atoms with Crippen LogP contribution in [0.1, 0.15) is 38.3 Å². The van der Waals surface area contributed by atoms with E-state index in [-0.39, 0.29) is 12.1 Å². The summed E-state index contributed by atoms with van der Waals surface area (Å²) in [5, 5.41) is 20.1. The molecule has 1 aromatic rings. The van der Waals surface area contributed by atoms with Crippen molar-refractivity contribution >= 4 is 17.7 Å². The van der Waals surface area contributed by atoms with Gasteiger partial charge in [-0.3, -0.25) is 9.69 Å². The average molecular weight is 378 g/mol. The fraction of sp³-hybridized carbons (Fsp3) is 0.429. The second-order valence-electron chi connectivity index (χ2n) is 8.28. The summed E-state index contributed by atoms with van der Waals surface area (Å²) in [6.45, 7) is 10.9. The van der Waals surface area contributed by atoms with Gasteiger partial charge in [-0.25, -0.2) is 4.79 Å². The molecule has 1 saturated heterocycles. The number of anilines is 1. The quantitative estimate of drug-likeness (QED) is 0.689. The lowest BCUT2D eigenvalue weighted by Gasteiger charge is -2.39. The van der Waals surface area contributed by atoms with Gasteiger partial charge in [-0.1, -0.05) is 24.3 Å². The fourth-order valence-corrected chi connectivity index (χ4v) is 4.11. The van der Waals surface area contributed by atoms with Gasteiger partial charge >= 0.3 is 6.09 Å². The number of carbonyl (C=O) groups is 2. The van der Waals surface area contributed by atoms with Gasteiger partial charge < -0.3 is 9.64 Å². The number of likely N-dealkylation sites (tertiary alicyclic amines) is 1. The molecule has 2 heterocycles. The molecule has 0 bridgehead atoms. The highest BCUT2D eigenvalue weighted by Crippen LogP contribution is 2.61. The average Bonchev–Trinajstić information content (AvgIpc) is 2.99. The molecule has 0 aromatic heterocycles. The third-order valence-electron chi connectivity index (χ3n) is 5.21. The van der Waals surface area contributed by atoms with Crippen molar-refractivity contribution in [2.45, 2.75) is 45.3 Å². The van der Waals surface area contributed by atoms with Crippen LogP contribution in [-0.4, -0.2) is 29.5 Å². The summed E-state index contributed by atoms with van der Waals surface area (Å²) in [7, 11) is 1.57. The third kappa shape index (κ3) is 2.26. The molecule has 0 aliphatic carbocycles. The minimum atomic E-state index is -1.84. The lowest BCUT2D eigenvalue weighted by Crippen LogP contribution is -2.58. The largest absolute Gasteiger partial charge is 0.443 e. The number of likely N-dealkylation sites (N-methyl/N-ethyl adjacent to an activating group) is 1. The van der Waals surface area contributed by atoms with Gasteiger partial charge in [-0.2, -0.15) is 10.5 Å². The number of aryl methyl sites for hydroxylation is 1. The summed E-state index contributed by atoms with van der Waals surface area (Å²) in [5.74, 6) is -0.527. The molecule has 1 fully saturated rings. The van der Waals surface area contributed by atoms with Gasteiger partial charge in [0.25, 0.3) is 5.91 Å². The molecule has 1 spiro atoms. The first kappa shape index (κ1) is 19.4. The summed E-state index contributed by atoms with van der Waals surface area (Å²) < 4.78 is 5.53. The van der Waals surface area contributed by atoms with E-state index in [2.05, 4.69) is 6.58 Å². The van der Waals surface area contributed by atoms with Crippen molar-refractivity contribution in [1.29, 1.82) is 10.5 Å². The number of rotatable bonds is 0. The lowest BCUT2D eigenvalue weighted by atomic mass is 9.68. The van der Waals surface area contributed by atoms with E-state index in [1.807, 2.05) is 25.1 Å². The Hall–Kier alpha value is -3.32. The van der Waals surface area contributed by atoms with Crippen LogP contribution in [0.5, 0.6) is 0 Å². The Kier molecular flexibility index (Phi) is 4.05. The van der Waals surface area contributed by atoms with Crippen molar-refractivity contribution in [3.63, 3.8) is 0 Å². The lowest BCUT2D eigenvalue weighted by molar-refractivity contribution is -0.130. The van der Waals surface area contributed by atoms with Crippen LogP contribution in [-0.2, 0) is 15.1 Å². The number of nitriles is 2. The standard InChI is InChI=1S/C21H22N4O3/c1-13-7-8-16-15(9-13)21(17(26)24(16)6)20(11-22,12-23)10-14(2)25(21)18(27)28-19(3,4)5/h7-9H,2,10H2,1,3-6H3/t21-/m0/s1. The highest BCUT2D eigenvalue weighted by atomic mass is 16.6. The Morgan fingerprint density at radius 3 is 2.43 bits per heavy atom. The molecule has 2 aliphatic heterocycles. The van der Waals surface area contributed by atoms with Gasteiger partial charge in [0.2, 0.25) is 0 Å². The van der Waals surface area contributed by atoms with E-state index in [1.54, 1.807) is 40.0 Å². The zero-order valence-electron chi connectivity index (χ0n) is 16.7. The molecule has 28 heavy (non-hydrogen) atoms. The normalized spacial score (nSPS) is 22.8. The van der Waals surface area contributed by atoms with E-state index in [0.717, 1.165) is 10.5 Å². The highest BCUT2D eigenvalue weighted by Gasteiger charge is 2.73. The molecule has 3 rings (SSSR count). The van der Waals surface area contributed by atoms with Crippen molar-refractivity contribution in [3.8, 4) is 12.1 Å². The van der Waals surface area contributed by atoms with Gasteiger partial charge in [0, 0.05) is 30.4 Å².